The number of hydrogen-bond donors (Lipinski definition) is 2. The molecule has 7 heteroatoms. The van der Waals surface area contributed by atoms with Crippen molar-refractivity contribution in [3.63, 3.8) is 0 Å². The molecule has 0 amide bonds. The van der Waals surface area contributed by atoms with Crippen molar-refractivity contribution in [2.45, 2.75) is 11.3 Å². The zero-order valence-corrected chi connectivity index (χ0v) is 12.6. The molecule has 1 heterocycles. The molecule has 0 radical (unpaired) electrons. The van der Waals surface area contributed by atoms with E-state index < -0.39 is 10.0 Å². The molecule has 0 aliphatic carbocycles. The molecule has 3 N–H and O–H groups in total. The number of nitrogens with zero attached hydrogens (tertiary/aromatic N) is 1. The number of methoxy groups -OCH3 is 1. The molecule has 20 heavy (non-hydrogen) atoms. The summed E-state index contributed by atoms with van der Waals surface area (Å²) in [5.74, 6) is 0.516. The molecule has 2 rings (SSSR count). The van der Waals surface area contributed by atoms with Crippen molar-refractivity contribution in [2.24, 2.45) is 5.92 Å². The van der Waals surface area contributed by atoms with Crippen molar-refractivity contribution in [1.29, 1.82) is 0 Å². The molecule has 1 aliphatic heterocycles. The van der Waals surface area contributed by atoms with Gasteiger partial charge < -0.3 is 15.4 Å². The Hall–Kier alpha value is -1.31. The van der Waals surface area contributed by atoms with Crippen molar-refractivity contribution < 1.29 is 13.2 Å². The third-order valence-corrected chi connectivity index (χ3v) is 5.09. The molecule has 112 valence electrons. The largest absolute Gasteiger partial charge is 0.398 e. The molecular weight excluding hydrogens is 278 g/mol. The fourth-order valence-electron chi connectivity index (χ4n) is 2.53. The zero-order chi connectivity index (χ0) is 14.8. The summed E-state index contributed by atoms with van der Waals surface area (Å²) in [5, 5.41) is 0. The Bertz CT molecular complexity index is 574. The maximum absolute atomic E-state index is 11.8. The van der Waals surface area contributed by atoms with Crippen molar-refractivity contribution in [2.75, 3.05) is 44.5 Å². The van der Waals surface area contributed by atoms with Gasteiger partial charge in [0.05, 0.1) is 12.3 Å². The average Bonchev–Trinajstić information content (AvgIpc) is 2.87. The highest BCUT2D eigenvalue weighted by Crippen LogP contribution is 2.28. The number of sulfonamides is 1. The number of rotatable bonds is 5. The van der Waals surface area contributed by atoms with Crippen molar-refractivity contribution in [3.8, 4) is 0 Å². The lowest BCUT2D eigenvalue weighted by Crippen LogP contribution is -2.22. The number of nitrogen functional groups attached to an aromatic ring is 1. The maximum Gasteiger partial charge on any atom is 0.242 e. The maximum atomic E-state index is 11.8. The molecular formula is C13H21N3O3S. The highest BCUT2D eigenvalue weighted by atomic mass is 32.2. The number of hydrogen-bond acceptors (Lipinski definition) is 5. The Labute approximate surface area is 120 Å². The van der Waals surface area contributed by atoms with Gasteiger partial charge in [-0.1, -0.05) is 0 Å². The van der Waals surface area contributed by atoms with Gasteiger partial charge in [-0.3, -0.25) is 0 Å². The average molecular weight is 299 g/mol. The number of ether oxygens (including phenoxy) is 1. The highest BCUT2D eigenvalue weighted by Gasteiger charge is 2.24. The zero-order valence-electron chi connectivity index (χ0n) is 11.8. The SMILES string of the molecule is CNS(=O)(=O)c1ccc(N2CCC(COC)C2)cc1N. The smallest absolute Gasteiger partial charge is 0.242 e. The molecule has 1 atom stereocenters. The lowest BCUT2D eigenvalue weighted by Gasteiger charge is -2.20. The number of nitrogens with one attached hydrogen (secondary N) is 1. The molecule has 1 aromatic carbocycles. The standard InChI is InChI=1S/C13H21N3O3S/c1-15-20(17,18)13-4-3-11(7-12(13)14)16-6-5-10(8-16)9-19-2/h3-4,7,10,15H,5-6,8-9,14H2,1-2H3. The van der Waals surface area contributed by atoms with Gasteiger partial charge in [0.15, 0.2) is 0 Å². The minimum absolute atomic E-state index is 0.122. The van der Waals surface area contributed by atoms with Gasteiger partial charge in [-0.2, -0.15) is 0 Å². The van der Waals surface area contributed by atoms with Gasteiger partial charge in [0.25, 0.3) is 0 Å². The molecule has 1 fully saturated rings. The summed E-state index contributed by atoms with van der Waals surface area (Å²) in [5.41, 5.74) is 7.10. The van der Waals surface area contributed by atoms with Crippen LogP contribution in [0.3, 0.4) is 0 Å². The lowest BCUT2D eigenvalue weighted by atomic mass is 10.1. The van der Waals surface area contributed by atoms with Crippen LogP contribution in [0, 0.1) is 5.92 Å². The van der Waals surface area contributed by atoms with E-state index in [1.807, 2.05) is 0 Å². The van der Waals surface area contributed by atoms with E-state index in [0.29, 0.717) is 5.92 Å². The second kappa shape index (κ2) is 5.99. The molecule has 1 aliphatic rings. The van der Waals surface area contributed by atoms with Gasteiger partial charge in [-0.25, -0.2) is 13.1 Å². The fraction of sp³-hybridized carbons (Fsp3) is 0.538. The molecule has 1 aromatic rings. The minimum atomic E-state index is -3.50. The summed E-state index contributed by atoms with van der Waals surface area (Å²) >= 11 is 0. The Morgan fingerprint density at radius 2 is 2.25 bits per heavy atom. The number of nitrogens with two attached hydrogens (primary N) is 1. The Kier molecular flexibility index (Phi) is 4.52. The van der Waals surface area contributed by atoms with Gasteiger partial charge >= 0.3 is 0 Å². The van der Waals surface area contributed by atoms with Crippen molar-refractivity contribution >= 4 is 21.4 Å². The van der Waals surface area contributed by atoms with Crippen LogP contribution in [0.1, 0.15) is 6.42 Å². The molecule has 0 aromatic heterocycles. The predicted octanol–water partition coefficient (Wildman–Crippen LogP) is 0.650. The van der Waals surface area contributed by atoms with Crippen LogP contribution in [0.4, 0.5) is 11.4 Å². The third-order valence-electron chi connectivity index (χ3n) is 3.60. The van der Waals surface area contributed by atoms with Crippen LogP contribution in [-0.2, 0) is 14.8 Å². The third kappa shape index (κ3) is 3.05. The van der Waals surface area contributed by atoms with Gasteiger partial charge in [0.2, 0.25) is 10.0 Å². The van der Waals surface area contributed by atoms with E-state index in [-0.39, 0.29) is 10.6 Å². The van der Waals surface area contributed by atoms with Crippen LogP contribution in [0.2, 0.25) is 0 Å². The molecule has 0 bridgehead atoms. The van der Waals surface area contributed by atoms with Crippen LogP contribution in [0.5, 0.6) is 0 Å². The van der Waals surface area contributed by atoms with E-state index in [4.69, 9.17) is 10.5 Å². The topological polar surface area (TPSA) is 84.7 Å². The highest BCUT2D eigenvalue weighted by molar-refractivity contribution is 7.89. The van der Waals surface area contributed by atoms with Crippen LogP contribution in [-0.4, -0.2) is 42.3 Å². The summed E-state index contributed by atoms with van der Waals surface area (Å²) in [6.45, 7) is 2.59. The van der Waals surface area contributed by atoms with Gasteiger partial charge in [0.1, 0.15) is 4.90 Å². The first-order valence-corrected chi connectivity index (χ1v) is 8.03. The predicted molar refractivity (Wildman–Crippen MR) is 79.3 cm³/mol. The quantitative estimate of drug-likeness (QED) is 0.780. The van der Waals surface area contributed by atoms with Gasteiger partial charge in [0, 0.05) is 31.8 Å². The van der Waals surface area contributed by atoms with Crippen LogP contribution >= 0.6 is 0 Å². The Morgan fingerprint density at radius 3 is 2.85 bits per heavy atom. The molecule has 0 saturated carbocycles. The van der Waals surface area contributed by atoms with Crippen LogP contribution < -0.4 is 15.4 Å². The van der Waals surface area contributed by atoms with Crippen LogP contribution in [0.15, 0.2) is 23.1 Å². The second-order valence-corrected chi connectivity index (χ2v) is 6.84. The first-order chi connectivity index (χ1) is 9.47. The fourth-order valence-corrected chi connectivity index (χ4v) is 3.36. The first-order valence-electron chi connectivity index (χ1n) is 6.55. The van der Waals surface area contributed by atoms with E-state index in [0.717, 1.165) is 31.8 Å². The van der Waals surface area contributed by atoms with Gasteiger partial charge in [-0.15, -0.1) is 0 Å². The van der Waals surface area contributed by atoms with Crippen molar-refractivity contribution in [1.82, 2.24) is 4.72 Å². The summed E-state index contributed by atoms with van der Waals surface area (Å²) in [6.07, 6.45) is 1.07. The summed E-state index contributed by atoms with van der Waals surface area (Å²) in [4.78, 5) is 2.33. The number of anilines is 2. The number of benzene rings is 1. The van der Waals surface area contributed by atoms with E-state index in [9.17, 15) is 8.42 Å². The Balaban J connectivity index is 2.18. The summed E-state index contributed by atoms with van der Waals surface area (Å²) in [6, 6.07) is 5.08. The summed E-state index contributed by atoms with van der Waals surface area (Å²) in [7, 11) is -0.422. The first kappa shape index (κ1) is 15.1. The monoisotopic (exact) mass is 299 g/mol. The minimum Gasteiger partial charge on any atom is -0.398 e. The summed E-state index contributed by atoms with van der Waals surface area (Å²) < 4.78 is 31.0. The second-order valence-electron chi connectivity index (χ2n) is 4.99. The normalized spacial score (nSPS) is 19.5. The Morgan fingerprint density at radius 1 is 1.50 bits per heavy atom. The van der Waals surface area contributed by atoms with E-state index in [1.54, 1.807) is 25.3 Å². The van der Waals surface area contributed by atoms with E-state index in [1.165, 1.54) is 7.05 Å². The van der Waals surface area contributed by atoms with Gasteiger partial charge in [-0.05, 0) is 31.7 Å². The van der Waals surface area contributed by atoms with Crippen LogP contribution in [0.25, 0.3) is 0 Å². The molecule has 6 nitrogen and oxygen atoms in total. The lowest BCUT2D eigenvalue weighted by molar-refractivity contribution is 0.161. The van der Waals surface area contributed by atoms with E-state index in [2.05, 4.69) is 9.62 Å². The molecule has 1 saturated heterocycles. The molecule has 1 unspecified atom stereocenters. The molecule has 0 spiro atoms. The van der Waals surface area contributed by atoms with Crippen molar-refractivity contribution in [3.05, 3.63) is 18.2 Å². The van der Waals surface area contributed by atoms with E-state index >= 15 is 0 Å².